The molecule has 0 aliphatic heterocycles. The van der Waals surface area contributed by atoms with Gasteiger partial charge in [-0.3, -0.25) is 4.90 Å². The first-order chi connectivity index (χ1) is 8.74. The Balaban J connectivity index is 2.92. The number of carbonyl (C=O) groups is 1. The molecule has 0 spiro atoms. The summed E-state index contributed by atoms with van der Waals surface area (Å²) in [6, 6.07) is 8.22. The van der Waals surface area contributed by atoms with E-state index in [0.29, 0.717) is 10.6 Å². The monoisotopic (exact) mass is 280 g/mol. The van der Waals surface area contributed by atoms with Crippen LogP contribution in [-0.4, -0.2) is 23.6 Å². The van der Waals surface area contributed by atoms with Crippen LogP contribution < -0.4 is 0 Å². The standard InChI is InChI=1S/C14H17ClN2O2/c1-14(2,3)19-13(18)17(4)12(9-16)10-6-5-7-11(15)8-10/h5-8,12H,1-4H3. The summed E-state index contributed by atoms with van der Waals surface area (Å²) >= 11 is 5.89. The van der Waals surface area contributed by atoms with Crippen LogP contribution in [0.5, 0.6) is 0 Å². The number of nitriles is 1. The molecule has 1 rings (SSSR count). The fourth-order valence-corrected chi connectivity index (χ4v) is 1.70. The van der Waals surface area contributed by atoms with Gasteiger partial charge in [-0.25, -0.2) is 4.79 Å². The minimum Gasteiger partial charge on any atom is -0.444 e. The highest BCUT2D eigenvalue weighted by Gasteiger charge is 2.26. The Morgan fingerprint density at radius 3 is 2.58 bits per heavy atom. The van der Waals surface area contributed by atoms with E-state index in [9.17, 15) is 10.1 Å². The molecule has 0 radical (unpaired) electrons. The molecule has 5 heteroatoms. The smallest absolute Gasteiger partial charge is 0.411 e. The molecule has 1 aromatic rings. The third-order valence-electron chi connectivity index (χ3n) is 2.36. The van der Waals surface area contributed by atoms with Crippen LogP contribution >= 0.6 is 11.6 Å². The van der Waals surface area contributed by atoms with E-state index >= 15 is 0 Å². The molecule has 1 amide bonds. The van der Waals surface area contributed by atoms with Gasteiger partial charge in [0.1, 0.15) is 11.6 Å². The van der Waals surface area contributed by atoms with Gasteiger partial charge in [0.15, 0.2) is 0 Å². The summed E-state index contributed by atoms with van der Waals surface area (Å²) in [4.78, 5) is 13.2. The number of hydrogen-bond donors (Lipinski definition) is 0. The molecule has 19 heavy (non-hydrogen) atoms. The summed E-state index contributed by atoms with van der Waals surface area (Å²) < 4.78 is 5.24. The van der Waals surface area contributed by atoms with Crippen molar-refractivity contribution >= 4 is 17.7 Å². The van der Waals surface area contributed by atoms with Crippen molar-refractivity contribution in [3.05, 3.63) is 34.9 Å². The third-order valence-corrected chi connectivity index (χ3v) is 2.59. The van der Waals surface area contributed by atoms with E-state index in [-0.39, 0.29) is 0 Å². The maximum atomic E-state index is 11.9. The molecular formula is C14H17ClN2O2. The maximum absolute atomic E-state index is 11.9. The van der Waals surface area contributed by atoms with Crippen molar-refractivity contribution in [2.24, 2.45) is 0 Å². The van der Waals surface area contributed by atoms with E-state index in [1.54, 1.807) is 45.0 Å². The molecule has 0 saturated heterocycles. The van der Waals surface area contributed by atoms with Crippen LogP contribution in [0, 0.1) is 11.3 Å². The number of halogens is 1. The van der Waals surface area contributed by atoms with E-state index in [1.165, 1.54) is 11.9 Å². The van der Waals surface area contributed by atoms with Gasteiger partial charge in [-0.2, -0.15) is 5.26 Å². The van der Waals surface area contributed by atoms with Gasteiger partial charge in [0.25, 0.3) is 0 Å². The first kappa shape index (κ1) is 15.3. The Bertz CT molecular complexity index is 503. The summed E-state index contributed by atoms with van der Waals surface area (Å²) in [5.74, 6) is 0. The Kier molecular flexibility index (Phi) is 4.79. The van der Waals surface area contributed by atoms with Crippen LogP contribution in [0.15, 0.2) is 24.3 Å². The SMILES string of the molecule is CN(C(=O)OC(C)(C)C)C(C#N)c1cccc(Cl)c1. The zero-order valence-corrected chi connectivity index (χ0v) is 12.2. The first-order valence-corrected chi connectivity index (χ1v) is 6.23. The normalized spacial score (nSPS) is 12.4. The highest BCUT2D eigenvalue weighted by molar-refractivity contribution is 6.30. The fourth-order valence-electron chi connectivity index (χ4n) is 1.50. The Morgan fingerprint density at radius 2 is 2.11 bits per heavy atom. The Morgan fingerprint density at radius 1 is 1.47 bits per heavy atom. The van der Waals surface area contributed by atoms with Crippen LogP contribution in [0.2, 0.25) is 5.02 Å². The van der Waals surface area contributed by atoms with E-state index in [0.717, 1.165) is 0 Å². The molecule has 0 fully saturated rings. The van der Waals surface area contributed by atoms with Crippen molar-refractivity contribution in [2.75, 3.05) is 7.05 Å². The number of hydrogen-bond acceptors (Lipinski definition) is 3. The van der Waals surface area contributed by atoms with Crippen molar-refractivity contribution in [2.45, 2.75) is 32.4 Å². The van der Waals surface area contributed by atoms with Gasteiger partial charge < -0.3 is 4.74 Å². The molecule has 0 bridgehead atoms. The van der Waals surface area contributed by atoms with Gasteiger partial charge in [0.2, 0.25) is 0 Å². The van der Waals surface area contributed by atoms with Crippen molar-refractivity contribution in [1.29, 1.82) is 5.26 Å². The van der Waals surface area contributed by atoms with Gasteiger partial charge >= 0.3 is 6.09 Å². The highest BCUT2D eigenvalue weighted by Crippen LogP contribution is 2.23. The lowest BCUT2D eigenvalue weighted by molar-refractivity contribution is 0.0258. The van der Waals surface area contributed by atoms with Crippen LogP contribution in [0.1, 0.15) is 32.4 Å². The highest BCUT2D eigenvalue weighted by atomic mass is 35.5. The first-order valence-electron chi connectivity index (χ1n) is 5.85. The topological polar surface area (TPSA) is 53.3 Å². The predicted molar refractivity (Wildman–Crippen MR) is 73.8 cm³/mol. The van der Waals surface area contributed by atoms with Crippen molar-refractivity contribution in [1.82, 2.24) is 4.90 Å². The zero-order valence-electron chi connectivity index (χ0n) is 11.5. The van der Waals surface area contributed by atoms with Crippen molar-refractivity contribution < 1.29 is 9.53 Å². The van der Waals surface area contributed by atoms with Crippen LogP contribution in [-0.2, 0) is 4.74 Å². The molecule has 0 N–H and O–H groups in total. The minimum atomic E-state index is -0.728. The quantitative estimate of drug-likeness (QED) is 0.828. The number of nitrogens with zero attached hydrogens (tertiary/aromatic N) is 2. The summed E-state index contributed by atoms with van der Waals surface area (Å²) in [6.45, 7) is 5.33. The van der Waals surface area contributed by atoms with Gasteiger partial charge in [-0.05, 0) is 38.5 Å². The Labute approximate surface area is 118 Å². The molecule has 4 nitrogen and oxygen atoms in total. The van der Waals surface area contributed by atoms with E-state index in [4.69, 9.17) is 16.3 Å². The lowest BCUT2D eigenvalue weighted by Crippen LogP contribution is -2.36. The maximum Gasteiger partial charge on any atom is 0.411 e. The average Bonchev–Trinajstić information content (AvgIpc) is 2.27. The number of carbonyl (C=O) groups excluding carboxylic acids is 1. The van der Waals surface area contributed by atoms with Crippen LogP contribution in [0.3, 0.4) is 0 Å². The zero-order chi connectivity index (χ0) is 14.6. The lowest BCUT2D eigenvalue weighted by atomic mass is 10.1. The van der Waals surface area contributed by atoms with Crippen molar-refractivity contribution in [3.8, 4) is 6.07 Å². The molecule has 0 aliphatic rings. The van der Waals surface area contributed by atoms with Gasteiger partial charge in [0.05, 0.1) is 6.07 Å². The molecule has 1 unspecified atom stereocenters. The van der Waals surface area contributed by atoms with Crippen LogP contribution in [0.25, 0.3) is 0 Å². The number of rotatable bonds is 2. The fraction of sp³-hybridized carbons (Fsp3) is 0.429. The van der Waals surface area contributed by atoms with E-state index < -0.39 is 17.7 Å². The summed E-state index contributed by atoms with van der Waals surface area (Å²) in [6.07, 6.45) is -0.543. The predicted octanol–water partition coefficient (Wildman–Crippen LogP) is 3.77. The molecular weight excluding hydrogens is 264 g/mol. The number of ether oxygens (including phenoxy) is 1. The lowest BCUT2D eigenvalue weighted by Gasteiger charge is -2.27. The molecule has 1 atom stereocenters. The summed E-state index contributed by atoms with van der Waals surface area (Å²) in [5, 5.41) is 9.77. The molecule has 0 heterocycles. The summed E-state index contributed by atoms with van der Waals surface area (Å²) in [7, 11) is 1.53. The summed E-state index contributed by atoms with van der Waals surface area (Å²) in [5.41, 5.74) is 0.0584. The Hall–Kier alpha value is -1.73. The minimum absolute atomic E-state index is 0.523. The van der Waals surface area contributed by atoms with E-state index in [1.807, 2.05) is 0 Å². The number of amides is 1. The molecule has 0 aliphatic carbocycles. The molecule has 102 valence electrons. The average molecular weight is 281 g/mol. The van der Waals surface area contributed by atoms with Crippen molar-refractivity contribution in [3.63, 3.8) is 0 Å². The van der Waals surface area contributed by atoms with E-state index in [2.05, 4.69) is 6.07 Å². The van der Waals surface area contributed by atoms with Crippen LogP contribution in [0.4, 0.5) is 4.79 Å². The van der Waals surface area contributed by atoms with Gasteiger partial charge in [-0.1, -0.05) is 23.7 Å². The third kappa shape index (κ3) is 4.46. The largest absolute Gasteiger partial charge is 0.444 e. The molecule has 1 aromatic carbocycles. The molecule has 0 aromatic heterocycles. The second-order valence-electron chi connectivity index (χ2n) is 5.18. The second-order valence-corrected chi connectivity index (χ2v) is 5.61. The molecule has 0 saturated carbocycles. The second kappa shape index (κ2) is 5.94. The van der Waals surface area contributed by atoms with Gasteiger partial charge in [0, 0.05) is 12.1 Å². The van der Waals surface area contributed by atoms with Gasteiger partial charge in [-0.15, -0.1) is 0 Å². The number of benzene rings is 1.